The molecule has 154 valence electrons. The SMILES string of the molecule is O=C(NC1CCCC1N1CCC(Cc2ccc(Cl)cc2)CC1)c1ccc(I)cc1. The number of hydrogen-bond donors (Lipinski definition) is 1. The highest BCUT2D eigenvalue weighted by Gasteiger charge is 2.35. The summed E-state index contributed by atoms with van der Waals surface area (Å²) in [5, 5.41) is 4.13. The van der Waals surface area contributed by atoms with Gasteiger partial charge >= 0.3 is 0 Å². The van der Waals surface area contributed by atoms with Gasteiger partial charge in [-0.1, -0.05) is 23.7 Å². The first kappa shape index (κ1) is 21.1. The molecule has 1 amide bonds. The van der Waals surface area contributed by atoms with Gasteiger partial charge < -0.3 is 5.32 Å². The molecule has 2 aliphatic rings. The Morgan fingerprint density at radius 1 is 1.00 bits per heavy atom. The fourth-order valence-electron chi connectivity index (χ4n) is 4.84. The number of carbonyl (C=O) groups excluding carboxylic acids is 1. The average Bonchev–Trinajstić information content (AvgIpc) is 3.19. The maximum Gasteiger partial charge on any atom is 0.251 e. The van der Waals surface area contributed by atoms with Gasteiger partial charge in [-0.2, -0.15) is 0 Å². The van der Waals surface area contributed by atoms with E-state index in [1.165, 1.54) is 31.2 Å². The molecule has 0 bridgehead atoms. The Balaban J connectivity index is 1.30. The standard InChI is InChI=1S/C24H28ClIN2O/c25-20-8-4-17(5-9-20)16-18-12-14-28(15-13-18)23-3-1-2-22(23)27-24(29)19-6-10-21(26)11-7-19/h4-11,18,22-23H,1-3,12-16H2,(H,27,29). The molecule has 1 aliphatic carbocycles. The number of carbonyl (C=O) groups is 1. The third-order valence-electron chi connectivity index (χ3n) is 6.46. The Hall–Kier alpha value is -1.11. The van der Waals surface area contributed by atoms with Crippen molar-refractivity contribution in [3.63, 3.8) is 0 Å². The molecule has 1 saturated carbocycles. The van der Waals surface area contributed by atoms with Crippen LogP contribution in [0.15, 0.2) is 48.5 Å². The topological polar surface area (TPSA) is 32.3 Å². The van der Waals surface area contributed by atoms with Crippen LogP contribution in [0.2, 0.25) is 5.02 Å². The van der Waals surface area contributed by atoms with Crippen molar-refractivity contribution in [2.24, 2.45) is 5.92 Å². The largest absolute Gasteiger partial charge is 0.348 e. The lowest BCUT2D eigenvalue weighted by atomic mass is 9.89. The fraction of sp³-hybridized carbons (Fsp3) is 0.458. The summed E-state index contributed by atoms with van der Waals surface area (Å²) in [5.74, 6) is 0.810. The molecule has 1 aliphatic heterocycles. The van der Waals surface area contributed by atoms with Crippen LogP contribution < -0.4 is 5.32 Å². The van der Waals surface area contributed by atoms with Gasteiger partial charge in [0.25, 0.3) is 5.91 Å². The van der Waals surface area contributed by atoms with Crippen LogP contribution in [0.25, 0.3) is 0 Å². The third kappa shape index (κ3) is 5.53. The third-order valence-corrected chi connectivity index (χ3v) is 7.43. The predicted molar refractivity (Wildman–Crippen MR) is 128 cm³/mol. The average molecular weight is 523 g/mol. The Kier molecular flexibility index (Phi) is 7.14. The van der Waals surface area contributed by atoms with Crippen molar-refractivity contribution in [2.75, 3.05) is 13.1 Å². The van der Waals surface area contributed by atoms with E-state index in [0.29, 0.717) is 6.04 Å². The zero-order valence-electron chi connectivity index (χ0n) is 16.6. The zero-order chi connectivity index (χ0) is 20.2. The molecule has 2 unspecified atom stereocenters. The first-order valence-electron chi connectivity index (χ1n) is 10.6. The van der Waals surface area contributed by atoms with Crippen LogP contribution in [-0.2, 0) is 6.42 Å². The van der Waals surface area contributed by atoms with Gasteiger partial charge in [0.05, 0.1) is 0 Å². The Morgan fingerprint density at radius 2 is 1.69 bits per heavy atom. The molecule has 5 heteroatoms. The summed E-state index contributed by atoms with van der Waals surface area (Å²) in [6.07, 6.45) is 7.09. The van der Waals surface area contributed by atoms with Gasteiger partial charge in [-0.25, -0.2) is 0 Å². The van der Waals surface area contributed by atoms with Crippen LogP contribution in [-0.4, -0.2) is 36.0 Å². The molecule has 2 aromatic carbocycles. The number of likely N-dealkylation sites (tertiary alicyclic amines) is 1. The van der Waals surface area contributed by atoms with Gasteiger partial charge in [0.1, 0.15) is 0 Å². The lowest BCUT2D eigenvalue weighted by Gasteiger charge is -2.38. The summed E-state index contributed by atoms with van der Waals surface area (Å²) < 4.78 is 1.15. The monoisotopic (exact) mass is 522 g/mol. The molecule has 0 spiro atoms. The highest BCUT2D eigenvalue weighted by molar-refractivity contribution is 14.1. The number of hydrogen-bond acceptors (Lipinski definition) is 2. The zero-order valence-corrected chi connectivity index (χ0v) is 19.5. The van der Waals surface area contributed by atoms with Crippen molar-refractivity contribution < 1.29 is 4.79 Å². The molecule has 2 aromatic rings. The second kappa shape index (κ2) is 9.80. The molecule has 4 rings (SSSR count). The molecule has 2 fully saturated rings. The second-order valence-electron chi connectivity index (χ2n) is 8.40. The van der Waals surface area contributed by atoms with Gasteiger partial charge in [0.2, 0.25) is 0 Å². The Morgan fingerprint density at radius 3 is 2.38 bits per heavy atom. The second-order valence-corrected chi connectivity index (χ2v) is 10.1. The van der Waals surface area contributed by atoms with Gasteiger partial charge in [-0.15, -0.1) is 0 Å². The number of nitrogens with zero attached hydrogens (tertiary/aromatic N) is 1. The molecule has 3 nitrogen and oxygen atoms in total. The van der Waals surface area contributed by atoms with E-state index in [2.05, 4.69) is 44.9 Å². The maximum absolute atomic E-state index is 12.7. The molecule has 1 N–H and O–H groups in total. The van der Waals surface area contributed by atoms with Crippen molar-refractivity contribution in [3.8, 4) is 0 Å². The lowest BCUT2D eigenvalue weighted by Crippen LogP contribution is -2.51. The van der Waals surface area contributed by atoms with Crippen LogP contribution in [0, 0.1) is 9.49 Å². The molecule has 2 atom stereocenters. The van der Waals surface area contributed by atoms with Crippen molar-refractivity contribution >= 4 is 40.1 Å². The van der Waals surface area contributed by atoms with Crippen molar-refractivity contribution in [3.05, 3.63) is 68.3 Å². The van der Waals surface area contributed by atoms with E-state index < -0.39 is 0 Å². The van der Waals surface area contributed by atoms with Gasteiger partial charge in [-0.05, 0) is 122 Å². The normalized spacial score (nSPS) is 23.2. The summed E-state index contributed by atoms with van der Waals surface area (Å²) in [6.45, 7) is 2.28. The van der Waals surface area contributed by atoms with E-state index in [-0.39, 0.29) is 11.9 Å². The molecular formula is C24H28ClIN2O. The first-order chi connectivity index (χ1) is 14.1. The van der Waals surface area contributed by atoms with Gasteiger partial charge in [0, 0.05) is 26.2 Å². The number of halogens is 2. The van der Waals surface area contributed by atoms with E-state index >= 15 is 0 Å². The molecule has 1 heterocycles. The summed E-state index contributed by atoms with van der Waals surface area (Å²) in [4.78, 5) is 15.3. The summed E-state index contributed by atoms with van der Waals surface area (Å²) in [6, 6.07) is 16.9. The molecular weight excluding hydrogens is 495 g/mol. The van der Waals surface area contributed by atoms with Gasteiger partial charge in [0.15, 0.2) is 0 Å². The smallest absolute Gasteiger partial charge is 0.251 e. The van der Waals surface area contributed by atoms with Crippen LogP contribution in [0.3, 0.4) is 0 Å². The van der Waals surface area contributed by atoms with E-state index in [4.69, 9.17) is 11.6 Å². The van der Waals surface area contributed by atoms with Gasteiger partial charge in [-0.3, -0.25) is 9.69 Å². The highest BCUT2D eigenvalue weighted by Crippen LogP contribution is 2.30. The molecule has 0 aromatic heterocycles. The van der Waals surface area contributed by atoms with Crippen LogP contribution in [0.4, 0.5) is 0 Å². The number of piperidine rings is 1. The highest BCUT2D eigenvalue weighted by atomic mass is 127. The predicted octanol–water partition coefficient (Wildman–Crippen LogP) is 5.55. The van der Waals surface area contributed by atoms with E-state index in [1.54, 1.807) is 0 Å². The number of benzene rings is 2. The van der Waals surface area contributed by atoms with Crippen LogP contribution in [0.5, 0.6) is 0 Å². The first-order valence-corrected chi connectivity index (χ1v) is 12.1. The maximum atomic E-state index is 12.7. The van der Waals surface area contributed by atoms with Crippen molar-refractivity contribution in [1.82, 2.24) is 10.2 Å². The summed E-state index contributed by atoms with van der Waals surface area (Å²) in [7, 11) is 0. The van der Waals surface area contributed by atoms with Crippen LogP contribution >= 0.6 is 34.2 Å². The van der Waals surface area contributed by atoms with E-state index in [0.717, 1.165) is 46.0 Å². The molecule has 29 heavy (non-hydrogen) atoms. The molecule has 0 radical (unpaired) electrons. The number of nitrogens with one attached hydrogen (secondary N) is 1. The quantitative estimate of drug-likeness (QED) is 0.522. The van der Waals surface area contributed by atoms with Crippen LogP contribution in [0.1, 0.15) is 48.0 Å². The van der Waals surface area contributed by atoms with E-state index in [1.807, 2.05) is 36.4 Å². The number of rotatable bonds is 5. The minimum absolute atomic E-state index is 0.0657. The minimum Gasteiger partial charge on any atom is -0.348 e. The van der Waals surface area contributed by atoms with E-state index in [9.17, 15) is 4.79 Å². The van der Waals surface area contributed by atoms with Crippen molar-refractivity contribution in [1.29, 1.82) is 0 Å². The Labute approximate surface area is 192 Å². The Bertz CT molecular complexity index is 816. The summed E-state index contributed by atoms with van der Waals surface area (Å²) in [5.41, 5.74) is 2.15. The fourth-order valence-corrected chi connectivity index (χ4v) is 5.33. The molecule has 1 saturated heterocycles. The minimum atomic E-state index is 0.0657. The summed E-state index contributed by atoms with van der Waals surface area (Å²) >= 11 is 8.27. The lowest BCUT2D eigenvalue weighted by molar-refractivity contribution is 0.0862. The van der Waals surface area contributed by atoms with Crippen molar-refractivity contribution in [2.45, 2.75) is 50.6 Å². The number of amides is 1.